The summed E-state index contributed by atoms with van der Waals surface area (Å²) in [5.74, 6) is -0.0681. The quantitative estimate of drug-likeness (QED) is 0.901. The SMILES string of the molecule is CC(NC(=O)C1CCCN(C(=O)Cc2ccccc2)C1)c1ccccn1. The zero-order valence-corrected chi connectivity index (χ0v) is 15.1. The molecule has 2 unspecified atom stereocenters. The molecule has 1 aromatic carbocycles. The van der Waals surface area contributed by atoms with Crippen LogP contribution in [0, 0.1) is 5.92 Å². The van der Waals surface area contributed by atoms with Gasteiger partial charge in [0, 0.05) is 19.3 Å². The van der Waals surface area contributed by atoms with E-state index in [1.807, 2.05) is 60.4 Å². The van der Waals surface area contributed by atoms with Crippen molar-refractivity contribution < 1.29 is 9.59 Å². The largest absolute Gasteiger partial charge is 0.348 e. The number of aromatic nitrogens is 1. The summed E-state index contributed by atoms with van der Waals surface area (Å²) in [5, 5.41) is 3.04. The Kier molecular flexibility index (Phi) is 6.00. The van der Waals surface area contributed by atoms with Gasteiger partial charge in [0.2, 0.25) is 11.8 Å². The number of carbonyl (C=O) groups excluding carboxylic acids is 2. The highest BCUT2D eigenvalue weighted by atomic mass is 16.2. The van der Waals surface area contributed by atoms with E-state index in [1.165, 1.54) is 0 Å². The lowest BCUT2D eigenvalue weighted by molar-refractivity contribution is -0.135. The van der Waals surface area contributed by atoms with Gasteiger partial charge in [0.05, 0.1) is 24.1 Å². The van der Waals surface area contributed by atoms with Gasteiger partial charge in [-0.15, -0.1) is 0 Å². The number of nitrogens with zero attached hydrogens (tertiary/aromatic N) is 2. The fourth-order valence-electron chi connectivity index (χ4n) is 3.34. The lowest BCUT2D eigenvalue weighted by atomic mass is 9.96. The van der Waals surface area contributed by atoms with E-state index in [1.54, 1.807) is 6.20 Å². The Morgan fingerprint density at radius 2 is 1.96 bits per heavy atom. The number of amides is 2. The molecule has 26 heavy (non-hydrogen) atoms. The molecular weight excluding hydrogens is 326 g/mol. The summed E-state index contributed by atoms with van der Waals surface area (Å²) >= 11 is 0. The van der Waals surface area contributed by atoms with E-state index in [-0.39, 0.29) is 23.8 Å². The number of hydrogen-bond donors (Lipinski definition) is 1. The molecule has 0 bridgehead atoms. The molecule has 2 amide bonds. The minimum atomic E-state index is -0.158. The number of carbonyl (C=O) groups is 2. The van der Waals surface area contributed by atoms with Crippen LogP contribution in [0.3, 0.4) is 0 Å². The summed E-state index contributed by atoms with van der Waals surface area (Å²) in [6, 6.07) is 15.3. The van der Waals surface area contributed by atoms with Gasteiger partial charge >= 0.3 is 0 Å². The van der Waals surface area contributed by atoms with Crippen molar-refractivity contribution in [3.8, 4) is 0 Å². The molecule has 0 aliphatic carbocycles. The summed E-state index contributed by atoms with van der Waals surface area (Å²) in [7, 11) is 0. The van der Waals surface area contributed by atoms with Crippen LogP contribution in [0.15, 0.2) is 54.7 Å². The highest BCUT2D eigenvalue weighted by Gasteiger charge is 2.29. The molecule has 1 N–H and O–H groups in total. The van der Waals surface area contributed by atoms with Crippen LogP contribution in [-0.2, 0) is 16.0 Å². The van der Waals surface area contributed by atoms with E-state index in [4.69, 9.17) is 0 Å². The van der Waals surface area contributed by atoms with Crippen molar-refractivity contribution in [3.63, 3.8) is 0 Å². The molecular formula is C21H25N3O2. The number of nitrogens with one attached hydrogen (secondary N) is 1. The smallest absolute Gasteiger partial charge is 0.227 e. The maximum absolute atomic E-state index is 12.6. The molecule has 1 saturated heterocycles. The molecule has 1 aromatic heterocycles. The predicted octanol–water partition coefficient (Wildman–Crippen LogP) is 2.74. The van der Waals surface area contributed by atoms with Crippen LogP contribution in [0.25, 0.3) is 0 Å². The highest BCUT2D eigenvalue weighted by molar-refractivity contribution is 5.82. The molecule has 2 atom stereocenters. The minimum absolute atomic E-state index is 0.000337. The van der Waals surface area contributed by atoms with Crippen molar-refractivity contribution in [3.05, 3.63) is 66.0 Å². The predicted molar refractivity (Wildman–Crippen MR) is 100 cm³/mol. The zero-order chi connectivity index (χ0) is 18.4. The number of piperidine rings is 1. The molecule has 1 aliphatic heterocycles. The van der Waals surface area contributed by atoms with Crippen LogP contribution in [0.4, 0.5) is 0 Å². The van der Waals surface area contributed by atoms with Crippen molar-refractivity contribution in [2.24, 2.45) is 5.92 Å². The fourth-order valence-corrected chi connectivity index (χ4v) is 3.34. The van der Waals surface area contributed by atoms with Crippen LogP contribution in [0.1, 0.15) is 37.1 Å². The molecule has 2 aromatic rings. The topological polar surface area (TPSA) is 62.3 Å². The molecule has 5 heteroatoms. The molecule has 0 saturated carbocycles. The van der Waals surface area contributed by atoms with Gasteiger partial charge in [0.25, 0.3) is 0 Å². The van der Waals surface area contributed by atoms with Gasteiger partial charge < -0.3 is 10.2 Å². The first-order chi connectivity index (χ1) is 12.6. The maximum Gasteiger partial charge on any atom is 0.227 e. The summed E-state index contributed by atoms with van der Waals surface area (Å²) < 4.78 is 0. The van der Waals surface area contributed by atoms with Crippen molar-refractivity contribution >= 4 is 11.8 Å². The van der Waals surface area contributed by atoms with Crippen LogP contribution >= 0.6 is 0 Å². The minimum Gasteiger partial charge on any atom is -0.348 e. The van der Waals surface area contributed by atoms with Gasteiger partial charge in [-0.05, 0) is 37.5 Å². The Labute approximate surface area is 154 Å². The summed E-state index contributed by atoms with van der Waals surface area (Å²) in [6.45, 7) is 3.15. The number of likely N-dealkylation sites (tertiary alicyclic amines) is 1. The van der Waals surface area contributed by atoms with E-state index in [0.717, 1.165) is 30.6 Å². The van der Waals surface area contributed by atoms with Crippen molar-refractivity contribution in [2.75, 3.05) is 13.1 Å². The standard InChI is InChI=1S/C21H25N3O2/c1-16(19-11-5-6-12-22-19)23-21(26)18-10-7-13-24(15-18)20(25)14-17-8-3-2-4-9-17/h2-6,8-9,11-12,16,18H,7,10,13-15H2,1H3,(H,23,26). The fraction of sp³-hybridized carbons (Fsp3) is 0.381. The Bertz CT molecular complexity index is 733. The van der Waals surface area contributed by atoms with Gasteiger partial charge in [0.1, 0.15) is 0 Å². The molecule has 1 aliphatic rings. The summed E-state index contributed by atoms with van der Waals surface area (Å²) in [4.78, 5) is 31.3. The van der Waals surface area contributed by atoms with Crippen LogP contribution in [0.5, 0.6) is 0 Å². The molecule has 2 heterocycles. The number of benzene rings is 1. The van der Waals surface area contributed by atoms with E-state index in [0.29, 0.717) is 13.0 Å². The van der Waals surface area contributed by atoms with E-state index in [2.05, 4.69) is 10.3 Å². The number of rotatable bonds is 5. The third kappa shape index (κ3) is 4.69. The average molecular weight is 351 g/mol. The Morgan fingerprint density at radius 1 is 1.19 bits per heavy atom. The molecule has 0 radical (unpaired) electrons. The van der Waals surface area contributed by atoms with E-state index < -0.39 is 0 Å². The second kappa shape index (κ2) is 8.61. The van der Waals surface area contributed by atoms with Gasteiger partial charge in [-0.1, -0.05) is 36.4 Å². The average Bonchev–Trinajstić information content (AvgIpc) is 2.69. The van der Waals surface area contributed by atoms with E-state index >= 15 is 0 Å². The number of pyridine rings is 1. The van der Waals surface area contributed by atoms with Gasteiger partial charge in [0.15, 0.2) is 0 Å². The molecule has 1 fully saturated rings. The molecule has 136 valence electrons. The number of hydrogen-bond acceptors (Lipinski definition) is 3. The van der Waals surface area contributed by atoms with Crippen LogP contribution < -0.4 is 5.32 Å². The van der Waals surface area contributed by atoms with Crippen molar-refractivity contribution in [2.45, 2.75) is 32.2 Å². The van der Waals surface area contributed by atoms with Crippen LogP contribution in [-0.4, -0.2) is 34.8 Å². The lowest BCUT2D eigenvalue weighted by Crippen LogP contribution is -2.46. The molecule has 5 nitrogen and oxygen atoms in total. The second-order valence-electron chi connectivity index (χ2n) is 6.83. The second-order valence-corrected chi connectivity index (χ2v) is 6.83. The van der Waals surface area contributed by atoms with Crippen molar-refractivity contribution in [1.29, 1.82) is 0 Å². The van der Waals surface area contributed by atoms with Gasteiger partial charge in [-0.25, -0.2) is 0 Å². The van der Waals surface area contributed by atoms with Crippen LogP contribution in [0.2, 0.25) is 0 Å². The summed E-state index contributed by atoms with van der Waals surface area (Å²) in [6.07, 6.45) is 3.79. The third-order valence-electron chi connectivity index (χ3n) is 4.83. The monoisotopic (exact) mass is 351 g/mol. The normalized spacial score (nSPS) is 18.2. The molecule has 0 spiro atoms. The first kappa shape index (κ1) is 18.1. The lowest BCUT2D eigenvalue weighted by Gasteiger charge is -2.32. The van der Waals surface area contributed by atoms with Gasteiger partial charge in [-0.2, -0.15) is 0 Å². The highest BCUT2D eigenvalue weighted by Crippen LogP contribution is 2.19. The first-order valence-corrected chi connectivity index (χ1v) is 9.16. The Balaban J connectivity index is 1.55. The molecule has 3 rings (SSSR count). The van der Waals surface area contributed by atoms with Gasteiger partial charge in [-0.3, -0.25) is 14.6 Å². The van der Waals surface area contributed by atoms with E-state index in [9.17, 15) is 9.59 Å². The maximum atomic E-state index is 12.6. The first-order valence-electron chi connectivity index (χ1n) is 9.16. The Hall–Kier alpha value is -2.69. The van der Waals surface area contributed by atoms with Crippen molar-refractivity contribution in [1.82, 2.24) is 15.2 Å². The summed E-state index contributed by atoms with van der Waals surface area (Å²) in [5.41, 5.74) is 1.85. The third-order valence-corrected chi connectivity index (χ3v) is 4.83. The Morgan fingerprint density at radius 3 is 2.69 bits per heavy atom. The zero-order valence-electron chi connectivity index (χ0n) is 15.1.